The maximum Gasteiger partial charge on any atom is 0.293 e. The molecule has 0 amide bonds. The van der Waals surface area contributed by atoms with E-state index in [1.54, 1.807) is 6.07 Å². The summed E-state index contributed by atoms with van der Waals surface area (Å²) in [6, 6.07) is 3.88. The lowest BCUT2D eigenvalue weighted by Gasteiger charge is -2.02. The number of carbonyl (C=O) groups excluding carboxylic acids is 1. The number of nitriles is 1. The van der Waals surface area contributed by atoms with Gasteiger partial charge >= 0.3 is 0 Å². The molecule has 15 heavy (non-hydrogen) atoms. The molecule has 1 aromatic carbocycles. The maximum atomic E-state index is 11.1. The Morgan fingerprint density at radius 3 is 2.60 bits per heavy atom. The standard InChI is InChI=1S/C9H7N3O3/c1-5(13)7-3-8(11)9(12(14)15)2-6(7)4-10/h2-3H,11H2,1H3. The fraction of sp³-hybridized carbons (Fsp3) is 0.111. The molecule has 6 nitrogen and oxygen atoms in total. The van der Waals surface area contributed by atoms with Crippen molar-refractivity contribution in [1.29, 1.82) is 5.26 Å². The summed E-state index contributed by atoms with van der Waals surface area (Å²) in [7, 11) is 0. The number of anilines is 1. The molecular formula is C9H7N3O3. The van der Waals surface area contributed by atoms with Crippen LogP contribution in [0.2, 0.25) is 0 Å². The van der Waals surface area contributed by atoms with Gasteiger partial charge < -0.3 is 5.73 Å². The zero-order chi connectivity index (χ0) is 11.6. The van der Waals surface area contributed by atoms with Crippen molar-refractivity contribution in [3.05, 3.63) is 33.4 Å². The first-order chi connectivity index (χ1) is 6.97. The molecule has 1 rings (SSSR count). The second-order valence-electron chi connectivity index (χ2n) is 2.88. The van der Waals surface area contributed by atoms with Crippen LogP contribution in [-0.4, -0.2) is 10.7 Å². The third kappa shape index (κ3) is 1.91. The van der Waals surface area contributed by atoms with Crippen LogP contribution in [0, 0.1) is 21.4 Å². The molecule has 0 atom stereocenters. The number of carbonyl (C=O) groups is 1. The topological polar surface area (TPSA) is 110 Å². The Hall–Kier alpha value is -2.42. The van der Waals surface area contributed by atoms with E-state index in [1.807, 2.05) is 0 Å². The fourth-order valence-corrected chi connectivity index (χ4v) is 1.15. The molecule has 0 spiro atoms. The smallest absolute Gasteiger partial charge is 0.293 e. The molecule has 0 fully saturated rings. The van der Waals surface area contributed by atoms with E-state index in [2.05, 4.69) is 0 Å². The Labute approximate surface area is 85.1 Å². The summed E-state index contributed by atoms with van der Waals surface area (Å²) in [5, 5.41) is 19.2. The Balaban J connectivity index is 3.51. The van der Waals surface area contributed by atoms with Crippen LogP contribution < -0.4 is 5.73 Å². The normalized spacial score (nSPS) is 9.33. The summed E-state index contributed by atoms with van der Waals surface area (Å²) in [4.78, 5) is 20.9. The van der Waals surface area contributed by atoms with Crippen molar-refractivity contribution in [2.75, 3.05) is 5.73 Å². The molecular weight excluding hydrogens is 198 g/mol. The Morgan fingerprint density at radius 2 is 2.20 bits per heavy atom. The summed E-state index contributed by atoms with van der Waals surface area (Å²) in [5.74, 6) is -0.354. The molecule has 0 saturated heterocycles. The van der Waals surface area contributed by atoms with E-state index < -0.39 is 4.92 Å². The van der Waals surface area contributed by atoms with E-state index in [4.69, 9.17) is 11.0 Å². The number of hydrogen-bond donors (Lipinski definition) is 1. The molecule has 0 radical (unpaired) electrons. The molecule has 2 N–H and O–H groups in total. The van der Waals surface area contributed by atoms with Crippen molar-refractivity contribution >= 4 is 17.2 Å². The molecule has 0 aromatic heterocycles. The predicted molar refractivity (Wildman–Crippen MR) is 52.2 cm³/mol. The summed E-state index contributed by atoms with van der Waals surface area (Å²) in [6.07, 6.45) is 0. The maximum absolute atomic E-state index is 11.1. The fourth-order valence-electron chi connectivity index (χ4n) is 1.15. The molecule has 0 aliphatic rings. The number of Topliss-reactive ketones (excluding diaryl/α,β-unsaturated/α-hetero) is 1. The summed E-state index contributed by atoms with van der Waals surface area (Å²) < 4.78 is 0. The quantitative estimate of drug-likeness (QED) is 0.338. The van der Waals surface area contributed by atoms with Crippen LogP contribution in [0.15, 0.2) is 12.1 Å². The SMILES string of the molecule is CC(=O)c1cc(N)c([N+](=O)[O-])cc1C#N. The molecule has 0 saturated carbocycles. The molecule has 6 heteroatoms. The molecule has 1 aromatic rings. The van der Waals surface area contributed by atoms with Gasteiger partial charge in [-0.3, -0.25) is 14.9 Å². The van der Waals surface area contributed by atoms with Crippen LogP contribution >= 0.6 is 0 Å². The zero-order valence-electron chi connectivity index (χ0n) is 7.85. The molecule has 0 aliphatic heterocycles. The Bertz CT molecular complexity index is 488. The third-order valence-corrected chi connectivity index (χ3v) is 1.86. The third-order valence-electron chi connectivity index (χ3n) is 1.86. The van der Waals surface area contributed by atoms with Gasteiger partial charge in [-0.1, -0.05) is 0 Å². The van der Waals surface area contributed by atoms with Crippen molar-refractivity contribution in [3.8, 4) is 6.07 Å². The van der Waals surface area contributed by atoms with Crippen LogP contribution in [0.3, 0.4) is 0 Å². The molecule has 0 aliphatic carbocycles. The number of nitrogens with two attached hydrogens (primary N) is 1. The van der Waals surface area contributed by atoms with Crippen LogP contribution in [0.25, 0.3) is 0 Å². The van der Waals surface area contributed by atoms with E-state index in [1.165, 1.54) is 6.92 Å². The number of rotatable bonds is 2. The number of ketones is 1. The number of nitro benzene ring substituents is 1. The van der Waals surface area contributed by atoms with Gasteiger partial charge in [0.1, 0.15) is 11.8 Å². The van der Waals surface area contributed by atoms with Gasteiger partial charge in [0.25, 0.3) is 5.69 Å². The van der Waals surface area contributed by atoms with Gasteiger partial charge in [0.2, 0.25) is 0 Å². The zero-order valence-corrected chi connectivity index (χ0v) is 7.85. The Morgan fingerprint density at radius 1 is 1.60 bits per heavy atom. The van der Waals surface area contributed by atoms with E-state index in [0.717, 1.165) is 12.1 Å². The highest BCUT2D eigenvalue weighted by atomic mass is 16.6. The largest absolute Gasteiger partial charge is 0.393 e. The van der Waals surface area contributed by atoms with E-state index in [-0.39, 0.29) is 28.3 Å². The van der Waals surface area contributed by atoms with Gasteiger partial charge in [0.05, 0.1) is 10.5 Å². The minimum atomic E-state index is -0.694. The minimum Gasteiger partial charge on any atom is -0.393 e. The van der Waals surface area contributed by atoms with Gasteiger partial charge in [0.15, 0.2) is 5.78 Å². The second-order valence-corrected chi connectivity index (χ2v) is 2.88. The highest BCUT2D eigenvalue weighted by Crippen LogP contribution is 2.25. The number of nitrogen functional groups attached to an aromatic ring is 1. The second kappa shape index (κ2) is 3.75. The van der Waals surface area contributed by atoms with E-state index in [0.29, 0.717) is 0 Å². The summed E-state index contributed by atoms with van der Waals surface area (Å²) >= 11 is 0. The molecule has 0 unspecified atom stereocenters. The number of hydrogen-bond acceptors (Lipinski definition) is 5. The average Bonchev–Trinajstić information content (AvgIpc) is 2.16. The highest BCUT2D eigenvalue weighted by Gasteiger charge is 2.17. The van der Waals surface area contributed by atoms with Gasteiger partial charge in [0, 0.05) is 11.6 Å². The predicted octanol–water partition coefficient (Wildman–Crippen LogP) is 1.25. The Kier molecular flexibility index (Phi) is 2.67. The van der Waals surface area contributed by atoms with Crippen molar-refractivity contribution in [2.24, 2.45) is 0 Å². The van der Waals surface area contributed by atoms with E-state index in [9.17, 15) is 14.9 Å². The van der Waals surface area contributed by atoms with Crippen molar-refractivity contribution in [1.82, 2.24) is 0 Å². The van der Waals surface area contributed by atoms with Crippen LogP contribution in [0.4, 0.5) is 11.4 Å². The average molecular weight is 205 g/mol. The lowest BCUT2D eigenvalue weighted by Crippen LogP contribution is -2.02. The van der Waals surface area contributed by atoms with Gasteiger partial charge in [-0.2, -0.15) is 5.26 Å². The first-order valence-corrected chi connectivity index (χ1v) is 3.96. The molecule has 0 heterocycles. The molecule has 0 bridgehead atoms. The summed E-state index contributed by atoms with van der Waals surface area (Å²) in [6.45, 7) is 1.27. The van der Waals surface area contributed by atoms with Crippen molar-refractivity contribution < 1.29 is 9.72 Å². The monoisotopic (exact) mass is 205 g/mol. The minimum absolute atomic E-state index is 0.0385. The first kappa shape index (κ1) is 10.7. The number of nitro groups is 1. The molecule has 76 valence electrons. The first-order valence-electron chi connectivity index (χ1n) is 3.96. The van der Waals surface area contributed by atoms with Gasteiger partial charge in [-0.25, -0.2) is 0 Å². The summed E-state index contributed by atoms with van der Waals surface area (Å²) in [5.41, 5.74) is 4.95. The van der Waals surface area contributed by atoms with Crippen LogP contribution in [0.1, 0.15) is 22.8 Å². The lowest BCUT2D eigenvalue weighted by molar-refractivity contribution is -0.383. The van der Waals surface area contributed by atoms with Gasteiger partial charge in [-0.15, -0.1) is 0 Å². The van der Waals surface area contributed by atoms with Gasteiger partial charge in [-0.05, 0) is 13.0 Å². The number of benzene rings is 1. The lowest BCUT2D eigenvalue weighted by atomic mass is 10.0. The highest BCUT2D eigenvalue weighted by molar-refractivity contribution is 5.98. The van der Waals surface area contributed by atoms with Crippen molar-refractivity contribution in [2.45, 2.75) is 6.92 Å². The van der Waals surface area contributed by atoms with E-state index >= 15 is 0 Å². The van der Waals surface area contributed by atoms with Crippen molar-refractivity contribution in [3.63, 3.8) is 0 Å². The van der Waals surface area contributed by atoms with Crippen LogP contribution in [0.5, 0.6) is 0 Å². The number of nitrogens with zero attached hydrogens (tertiary/aromatic N) is 2. The van der Waals surface area contributed by atoms with Crippen LogP contribution in [-0.2, 0) is 0 Å².